The van der Waals surface area contributed by atoms with E-state index in [0.717, 1.165) is 6.42 Å². The second-order valence-electron chi connectivity index (χ2n) is 5.71. The molecule has 0 aliphatic carbocycles. The Morgan fingerprint density at radius 2 is 2.08 bits per heavy atom. The van der Waals surface area contributed by atoms with Crippen molar-refractivity contribution in [3.8, 4) is 11.5 Å². The first-order chi connectivity index (χ1) is 12.4. The predicted octanol–water partition coefficient (Wildman–Crippen LogP) is 3.29. The first-order valence-corrected chi connectivity index (χ1v) is 9.15. The minimum Gasteiger partial charge on any atom is -0.493 e. The Hall–Kier alpha value is -2.22. The van der Waals surface area contributed by atoms with E-state index in [1.54, 1.807) is 19.1 Å². The number of carbonyl (C=O) groups excluding carboxylic acids is 2. The van der Waals surface area contributed by atoms with Gasteiger partial charge in [0.1, 0.15) is 5.92 Å². The van der Waals surface area contributed by atoms with Gasteiger partial charge < -0.3 is 24.8 Å². The fourth-order valence-corrected chi connectivity index (χ4v) is 3.31. The van der Waals surface area contributed by atoms with E-state index in [2.05, 4.69) is 33.1 Å². The number of carbonyl (C=O) groups is 2. The maximum absolute atomic E-state index is 12.4. The van der Waals surface area contributed by atoms with Crippen molar-refractivity contribution >= 4 is 27.9 Å². The summed E-state index contributed by atoms with van der Waals surface area (Å²) >= 11 is 3.48. The van der Waals surface area contributed by atoms with Crippen molar-refractivity contribution in [1.82, 2.24) is 10.6 Å². The van der Waals surface area contributed by atoms with Crippen LogP contribution in [0.15, 0.2) is 28.9 Å². The van der Waals surface area contributed by atoms with Crippen molar-refractivity contribution in [2.45, 2.75) is 26.3 Å². The molecule has 1 aromatic carbocycles. The molecule has 1 aromatic rings. The highest BCUT2D eigenvalue weighted by Gasteiger charge is 2.39. The van der Waals surface area contributed by atoms with Crippen LogP contribution in [0.25, 0.3) is 0 Å². The molecule has 1 heterocycles. The Labute approximate surface area is 161 Å². The maximum atomic E-state index is 12.4. The molecule has 2 rings (SSSR count). The van der Waals surface area contributed by atoms with Gasteiger partial charge in [0.05, 0.1) is 30.8 Å². The zero-order valence-corrected chi connectivity index (χ0v) is 16.6. The van der Waals surface area contributed by atoms with Crippen molar-refractivity contribution in [2.75, 3.05) is 20.3 Å². The lowest BCUT2D eigenvalue weighted by molar-refractivity contribution is -0.147. The molecule has 142 valence electrons. The average molecular weight is 427 g/mol. The number of hydrogen-bond acceptors (Lipinski definition) is 5. The number of esters is 1. The van der Waals surface area contributed by atoms with Crippen LogP contribution in [0.2, 0.25) is 0 Å². The van der Waals surface area contributed by atoms with E-state index in [4.69, 9.17) is 14.2 Å². The summed E-state index contributed by atoms with van der Waals surface area (Å²) in [5, 5.41) is 5.30. The third-order valence-corrected chi connectivity index (χ3v) is 4.46. The van der Waals surface area contributed by atoms with Crippen LogP contribution in [0, 0.1) is 5.92 Å². The van der Waals surface area contributed by atoms with Crippen LogP contribution in [0.3, 0.4) is 0 Å². The number of halogens is 1. The molecule has 26 heavy (non-hydrogen) atoms. The number of benzene rings is 1. The predicted molar refractivity (Wildman–Crippen MR) is 100 cm³/mol. The zero-order chi connectivity index (χ0) is 19.3. The van der Waals surface area contributed by atoms with Crippen molar-refractivity contribution in [1.29, 1.82) is 0 Å². The molecule has 0 bridgehead atoms. The molecule has 7 nitrogen and oxygen atoms in total. The number of urea groups is 1. The van der Waals surface area contributed by atoms with Gasteiger partial charge in [0.15, 0.2) is 11.5 Å². The molecule has 1 fully saturated rings. The number of amides is 2. The van der Waals surface area contributed by atoms with Crippen LogP contribution in [-0.4, -0.2) is 32.3 Å². The Bertz CT molecular complexity index is 707. The lowest BCUT2D eigenvalue weighted by Gasteiger charge is -2.33. The van der Waals surface area contributed by atoms with Gasteiger partial charge in [-0.05, 0) is 47.0 Å². The van der Waals surface area contributed by atoms with Gasteiger partial charge >= 0.3 is 12.0 Å². The Balaban J connectivity index is 2.44. The number of nitrogens with one attached hydrogen (secondary N) is 2. The zero-order valence-electron chi connectivity index (χ0n) is 15.1. The van der Waals surface area contributed by atoms with E-state index >= 15 is 0 Å². The van der Waals surface area contributed by atoms with Gasteiger partial charge in [0.25, 0.3) is 0 Å². The van der Waals surface area contributed by atoms with Gasteiger partial charge in [-0.15, -0.1) is 0 Å². The molecule has 1 aliphatic heterocycles. The fourth-order valence-electron chi connectivity index (χ4n) is 2.74. The smallest absolute Gasteiger partial charge is 0.319 e. The summed E-state index contributed by atoms with van der Waals surface area (Å²) in [6.07, 6.45) is 0.854. The van der Waals surface area contributed by atoms with E-state index in [0.29, 0.717) is 33.8 Å². The second-order valence-corrected chi connectivity index (χ2v) is 6.57. The number of rotatable bonds is 7. The molecule has 8 heteroatoms. The van der Waals surface area contributed by atoms with Gasteiger partial charge in [0, 0.05) is 5.70 Å². The monoisotopic (exact) mass is 426 g/mol. The summed E-state index contributed by atoms with van der Waals surface area (Å²) in [4.78, 5) is 24.3. The molecule has 2 N–H and O–H groups in total. The highest BCUT2D eigenvalue weighted by molar-refractivity contribution is 9.10. The SMILES string of the molecule is C=C1NC(=O)N[C@H](c2cc(Br)c(OCCC)c(OC)c2)[C@H]1C(=O)OCC. The van der Waals surface area contributed by atoms with E-state index in [9.17, 15) is 9.59 Å². The van der Waals surface area contributed by atoms with Crippen LogP contribution in [0.1, 0.15) is 31.9 Å². The summed E-state index contributed by atoms with van der Waals surface area (Å²) < 4.78 is 17.0. The molecule has 0 spiro atoms. The third kappa shape index (κ3) is 4.30. The Morgan fingerprint density at radius 3 is 2.69 bits per heavy atom. The minimum atomic E-state index is -0.758. The van der Waals surface area contributed by atoms with Crippen molar-refractivity contribution < 1.29 is 23.8 Å². The first kappa shape index (κ1) is 20.1. The van der Waals surface area contributed by atoms with E-state index < -0.39 is 24.0 Å². The molecule has 0 radical (unpaired) electrons. The lowest BCUT2D eigenvalue weighted by atomic mass is 9.89. The molecule has 2 amide bonds. The molecule has 2 atom stereocenters. The van der Waals surface area contributed by atoms with Gasteiger partial charge in [-0.25, -0.2) is 4.79 Å². The Morgan fingerprint density at radius 1 is 1.35 bits per heavy atom. The van der Waals surface area contributed by atoms with Gasteiger partial charge in [0.2, 0.25) is 0 Å². The first-order valence-electron chi connectivity index (χ1n) is 8.36. The molecule has 0 saturated carbocycles. The van der Waals surface area contributed by atoms with E-state index in [1.165, 1.54) is 7.11 Å². The fraction of sp³-hybridized carbons (Fsp3) is 0.444. The van der Waals surface area contributed by atoms with Crippen molar-refractivity contribution in [2.24, 2.45) is 5.92 Å². The standard InChI is InChI=1S/C18H23BrN2O5/c1-5-7-26-16-12(19)8-11(9-13(16)24-4)15-14(17(22)25-6-2)10(3)20-18(23)21-15/h8-9,14-15H,3,5-7H2,1-2,4H3,(H2,20,21,23)/t14-,15+/m0/s1. The van der Waals surface area contributed by atoms with Gasteiger partial charge in [-0.3, -0.25) is 4.79 Å². The van der Waals surface area contributed by atoms with Crippen LogP contribution in [-0.2, 0) is 9.53 Å². The third-order valence-electron chi connectivity index (χ3n) is 3.87. The largest absolute Gasteiger partial charge is 0.493 e. The lowest BCUT2D eigenvalue weighted by Crippen LogP contribution is -2.51. The maximum Gasteiger partial charge on any atom is 0.319 e. The molecular weight excluding hydrogens is 404 g/mol. The van der Waals surface area contributed by atoms with Crippen LogP contribution >= 0.6 is 15.9 Å². The highest BCUT2D eigenvalue weighted by atomic mass is 79.9. The molecule has 0 unspecified atom stereocenters. The van der Waals surface area contributed by atoms with E-state index in [1.807, 2.05) is 6.92 Å². The molecule has 1 saturated heterocycles. The Kier molecular flexibility index (Phi) is 6.90. The van der Waals surface area contributed by atoms with Crippen LogP contribution in [0.4, 0.5) is 4.79 Å². The van der Waals surface area contributed by atoms with Gasteiger partial charge in [-0.2, -0.15) is 0 Å². The summed E-state index contributed by atoms with van der Waals surface area (Å²) in [6.45, 7) is 8.32. The van der Waals surface area contributed by atoms with E-state index in [-0.39, 0.29) is 6.61 Å². The van der Waals surface area contributed by atoms with Gasteiger partial charge in [-0.1, -0.05) is 13.5 Å². The summed E-state index contributed by atoms with van der Waals surface area (Å²) in [5.41, 5.74) is 0.963. The minimum absolute atomic E-state index is 0.236. The second kappa shape index (κ2) is 8.93. The number of hydrogen-bond donors (Lipinski definition) is 2. The van der Waals surface area contributed by atoms with Crippen LogP contribution in [0.5, 0.6) is 11.5 Å². The van der Waals surface area contributed by atoms with Crippen molar-refractivity contribution in [3.63, 3.8) is 0 Å². The average Bonchev–Trinajstić information content (AvgIpc) is 2.59. The molecule has 0 aromatic heterocycles. The molecular formula is C18H23BrN2O5. The number of methoxy groups -OCH3 is 1. The summed E-state index contributed by atoms with van der Waals surface area (Å²) in [5.74, 6) is -0.142. The van der Waals surface area contributed by atoms with Crippen LogP contribution < -0.4 is 20.1 Å². The quantitative estimate of drug-likeness (QED) is 0.653. The summed E-state index contributed by atoms with van der Waals surface area (Å²) in [7, 11) is 1.53. The normalized spacial score (nSPS) is 19.4. The summed E-state index contributed by atoms with van der Waals surface area (Å²) in [6, 6.07) is 2.47. The molecule has 1 aliphatic rings. The highest BCUT2D eigenvalue weighted by Crippen LogP contribution is 2.41. The number of ether oxygens (including phenoxy) is 3. The van der Waals surface area contributed by atoms with Crippen molar-refractivity contribution in [3.05, 3.63) is 34.4 Å². The topological polar surface area (TPSA) is 85.9 Å².